The molecule has 242 valence electrons. The Morgan fingerprint density at radius 3 is 1.86 bits per heavy atom. The van der Waals surface area contributed by atoms with Crippen molar-refractivity contribution >= 4 is 12.2 Å². The lowest BCUT2D eigenvalue weighted by molar-refractivity contribution is 0.301. The molecule has 7 aromatic rings. The van der Waals surface area contributed by atoms with Crippen molar-refractivity contribution in [3.8, 4) is 5.75 Å². The minimum Gasteiger partial charge on any atom is -0.487 e. The maximum Gasteiger partial charge on any atom is 0.218 e. The van der Waals surface area contributed by atoms with Gasteiger partial charge in [0, 0.05) is 18.8 Å². The summed E-state index contributed by atoms with van der Waals surface area (Å²) in [6.07, 6.45) is 12.4. The van der Waals surface area contributed by atoms with E-state index in [-0.39, 0.29) is 0 Å². The van der Waals surface area contributed by atoms with Gasteiger partial charge in [-0.1, -0.05) is 133 Å². The van der Waals surface area contributed by atoms with E-state index in [9.17, 15) is 0 Å². The molecule has 0 saturated heterocycles. The van der Waals surface area contributed by atoms with Crippen LogP contribution in [0.15, 0.2) is 163 Å². The number of rotatable bonds is 14. The minimum atomic E-state index is -0.469. The minimum absolute atomic E-state index is 0.337. The summed E-state index contributed by atoms with van der Waals surface area (Å²) in [6, 6.07) is 49.3. The van der Waals surface area contributed by atoms with Crippen LogP contribution in [-0.4, -0.2) is 20.0 Å². The highest BCUT2D eigenvalue weighted by atomic mass is 16.5. The summed E-state index contributed by atoms with van der Waals surface area (Å²) in [5.41, 5.74) is 7.47. The fraction of sp³-hybridized carbons (Fsp3) is 0.140. The molecule has 0 amide bonds. The molecule has 7 rings (SSSR count). The normalized spacial score (nSPS) is 11.6. The van der Waals surface area contributed by atoms with Crippen LogP contribution in [0.5, 0.6) is 5.75 Å². The highest BCUT2D eigenvalue weighted by Crippen LogP contribution is 2.45. The first kappa shape index (κ1) is 31.6. The Balaban J connectivity index is 1.01. The van der Waals surface area contributed by atoms with Crippen LogP contribution < -0.4 is 4.74 Å². The van der Waals surface area contributed by atoms with Crippen molar-refractivity contribution in [3.05, 3.63) is 203 Å². The van der Waals surface area contributed by atoms with Crippen LogP contribution in [0.1, 0.15) is 57.8 Å². The number of aromatic nitrogens is 4. The first-order chi connectivity index (χ1) is 24.3. The van der Waals surface area contributed by atoms with E-state index in [4.69, 9.17) is 9.15 Å². The van der Waals surface area contributed by atoms with Gasteiger partial charge < -0.3 is 9.15 Å². The molecule has 0 spiro atoms. The molecule has 49 heavy (non-hydrogen) atoms. The van der Waals surface area contributed by atoms with Gasteiger partial charge in [0.1, 0.15) is 24.3 Å². The highest BCUT2D eigenvalue weighted by Gasteiger charge is 2.38. The predicted molar refractivity (Wildman–Crippen MR) is 194 cm³/mol. The summed E-state index contributed by atoms with van der Waals surface area (Å²) >= 11 is 0. The molecule has 0 bridgehead atoms. The molecular formula is C43H38N4O2. The van der Waals surface area contributed by atoms with Gasteiger partial charge in [-0.3, -0.25) is 4.68 Å². The van der Waals surface area contributed by atoms with Crippen molar-refractivity contribution in [2.45, 2.75) is 37.8 Å². The van der Waals surface area contributed by atoms with Crippen molar-refractivity contribution in [3.63, 3.8) is 0 Å². The lowest BCUT2D eigenvalue weighted by atomic mass is 9.65. The number of nitrogens with zero attached hydrogens (tertiary/aromatic N) is 4. The van der Waals surface area contributed by atoms with Crippen molar-refractivity contribution in [1.29, 1.82) is 0 Å². The monoisotopic (exact) mass is 642 g/mol. The fourth-order valence-corrected chi connectivity index (χ4v) is 6.41. The van der Waals surface area contributed by atoms with E-state index in [1.807, 2.05) is 35.2 Å². The molecule has 5 aromatic carbocycles. The van der Waals surface area contributed by atoms with Crippen molar-refractivity contribution in [1.82, 2.24) is 20.0 Å². The molecule has 0 aliphatic carbocycles. The third-order valence-electron chi connectivity index (χ3n) is 8.84. The quantitative estimate of drug-likeness (QED) is 0.0874. The molecule has 2 heterocycles. The van der Waals surface area contributed by atoms with Gasteiger partial charge in [-0.15, -0.1) is 5.10 Å². The Bertz CT molecular complexity index is 1940. The molecule has 6 heteroatoms. The Morgan fingerprint density at radius 2 is 1.27 bits per heavy atom. The second-order valence-electron chi connectivity index (χ2n) is 12.0. The van der Waals surface area contributed by atoms with Crippen LogP contribution in [0, 0.1) is 0 Å². The van der Waals surface area contributed by atoms with Gasteiger partial charge in [0.25, 0.3) is 0 Å². The van der Waals surface area contributed by atoms with Crippen LogP contribution in [0.25, 0.3) is 12.2 Å². The number of unbranched alkanes of at least 4 members (excludes halogenated alkanes) is 1. The van der Waals surface area contributed by atoms with E-state index in [1.54, 1.807) is 12.5 Å². The number of benzene rings is 5. The van der Waals surface area contributed by atoms with Crippen molar-refractivity contribution in [2.75, 3.05) is 0 Å². The van der Waals surface area contributed by atoms with Gasteiger partial charge >= 0.3 is 0 Å². The summed E-state index contributed by atoms with van der Waals surface area (Å²) in [5.74, 6) is 1.35. The Hall–Kier alpha value is -6.01. The van der Waals surface area contributed by atoms with E-state index in [0.717, 1.165) is 42.8 Å². The lowest BCUT2D eigenvalue weighted by Gasteiger charge is -2.36. The second kappa shape index (κ2) is 15.3. The number of hydrogen-bond acceptors (Lipinski definition) is 5. The number of ether oxygens (including phenoxy) is 1. The second-order valence-corrected chi connectivity index (χ2v) is 12.0. The molecule has 6 nitrogen and oxygen atoms in total. The van der Waals surface area contributed by atoms with E-state index >= 15 is 0 Å². The van der Waals surface area contributed by atoms with Crippen LogP contribution >= 0.6 is 0 Å². The first-order valence-corrected chi connectivity index (χ1v) is 16.7. The average molecular weight is 643 g/mol. The van der Waals surface area contributed by atoms with Gasteiger partial charge in [0.2, 0.25) is 5.89 Å². The molecule has 2 aromatic heterocycles. The Kier molecular flexibility index (Phi) is 9.84. The summed E-state index contributed by atoms with van der Waals surface area (Å²) in [6.45, 7) is 1.23. The maximum absolute atomic E-state index is 5.99. The van der Waals surface area contributed by atoms with E-state index < -0.39 is 5.41 Å². The van der Waals surface area contributed by atoms with E-state index in [0.29, 0.717) is 12.5 Å². The number of oxazole rings is 1. The molecule has 0 atom stereocenters. The zero-order valence-electron chi connectivity index (χ0n) is 27.3. The summed E-state index contributed by atoms with van der Waals surface area (Å²) in [4.78, 5) is 4.61. The third-order valence-corrected chi connectivity index (χ3v) is 8.84. The van der Waals surface area contributed by atoms with Gasteiger partial charge in [-0.25, -0.2) is 4.98 Å². The standard InChI is InChI=1S/C43H38N4O2/c1-4-13-36(14-5-1)43(37-15-6-2-7-16-37,38-17-8-3-9-18-38)39-24-19-35(20-25-39)23-28-42-45-40(33-49-42)32-48-41-26-21-34(22-27-41)12-10-11-30-47-31-29-44-46-47/h1-9,13-29,31,33H,10-12,30,32H2/b28-23+. The van der Waals surface area contributed by atoms with Gasteiger partial charge in [-0.2, -0.15) is 0 Å². The van der Waals surface area contributed by atoms with Gasteiger partial charge in [0.15, 0.2) is 0 Å². The largest absolute Gasteiger partial charge is 0.487 e. The van der Waals surface area contributed by atoms with Crippen molar-refractivity contribution in [2.24, 2.45) is 0 Å². The van der Waals surface area contributed by atoms with Gasteiger partial charge in [-0.05, 0) is 70.9 Å². The molecule has 0 unspecified atom stereocenters. The molecular weight excluding hydrogens is 604 g/mol. The topological polar surface area (TPSA) is 66.0 Å². The van der Waals surface area contributed by atoms with Crippen molar-refractivity contribution < 1.29 is 9.15 Å². The Morgan fingerprint density at radius 1 is 0.653 bits per heavy atom. The lowest BCUT2D eigenvalue weighted by Crippen LogP contribution is -2.30. The van der Waals surface area contributed by atoms with Crippen LogP contribution in [0.3, 0.4) is 0 Å². The summed E-state index contributed by atoms with van der Waals surface area (Å²) in [7, 11) is 0. The SMILES string of the molecule is C(=C\c1nc(COc2ccc(CCCCn3ccnn3)cc2)co1)/c1ccc(C(c2ccccc2)(c2ccccc2)c2ccccc2)cc1. The van der Waals surface area contributed by atoms with E-state index in [2.05, 4.69) is 143 Å². The van der Waals surface area contributed by atoms with Gasteiger partial charge in [0.05, 0.1) is 11.6 Å². The summed E-state index contributed by atoms with van der Waals surface area (Å²) in [5, 5.41) is 7.86. The predicted octanol–water partition coefficient (Wildman–Crippen LogP) is 9.42. The molecule has 0 aliphatic rings. The smallest absolute Gasteiger partial charge is 0.218 e. The number of aryl methyl sites for hydroxylation is 2. The summed E-state index contributed by atoms with van der Waals surface area (Å²) < 4.78 is 13.6. The van der Waals surface area contributed by atoms with Crippen LogP contribution in [0.2, 0.25) is 0 Å². The van der Waals surface area contributed by atoms with E-state index in [1.165, 1.54) is 27.8 Å². The number of hydrogen-bond donors (Lipinski definition) is 0. The highest BCUT2D eigenvalue weighted by molar-refractivity contribution is 5.67. The first-order valence-electron chi connectivity index (χ1n) is 16.7. The average Bonchev–Trinajstić information content (AvgIpc) is 3.87. The zero-order chi connectivity index (χ0) is 33.1. The van der Waals surface area contributed by atoms with Crippen LogP contribution in [0.4, 0.5) is 0 Å². The Labute approximate surface area is 287 Å². The molecule has 0 N–H and O–H groups in total. The molecule has 0 fully saturated rings. The zero-order valence-corrected chi connectivity index (χ0v) is 27.3. The third kappa shape index (κ3) is 7.44. The maximum atomic E-state index is 5.99. The molecule has 0 radical (unpaired) electrons. The van der Waals surface area contributed by atoms with Crippen LogP contribution in [-0.2, 0) is 25.0 Å². The molecule has 0 saturated carbocycles. The fourth-order valence-electron chi connectivity index (χ4n) is 6.41. The molecule has 0 aliphatic heterocycles.